The molecule has 10 aromatic rings. The molecule has 2 nitrogen and oxygen atoms in total. The van der Waals surface area contributed by atoms with Crippen LogP contribution in [0.3, 0.4) is 0 Å². The lowest BCUT2D eigenvalue weighted by atomic mass is 9.93. The molecule has 0 fully saturated rings. The van der Waals surface area contributed by atoms with Crippen molar-refractivity contribution in [3.63, 3.8) is 0 Å². The maximum Gasteiger partial charge on any atom is 0.144 e. The Kier molecular flexibility index (Phi) is 7.04. The van der Waals surface area contributed by atoms with Crippen LogP contribution >= 0.6 is 11.3 Å². The van der Waals surface area contributed by atoms with Crippen molar-refractivity contribution in [1.29, 1.82) is 0 Å². The Labute approximate surface area is 300 Å². The molecule has 240 valence electrons. The summed E-state index contributed by atoms with van der Waals surface area (Å²) in [7, 11) is 0. The number of nitrogens with zero attached hydrogens (tertiary/aromatic N) is 1. The fraction of sp³-hybridized carbons (Fsp3) is 0. The van der Waals surface area contributed by atoms with Gasteiger partial charge in [-0.05, 0) is 82.4 Å². The summed E-state index contributed by atoms with van der Waals surface area (Å²) in [5.74, 6) is 0. The number of furan rings is 1. The quantitative estimate of drug-likeness (QED) is 0.175. The summed E-state index contributed by atoms with van der Waals surface area (Å²) in [6.45, 7) is 0. The predicted octanol–water partition coefficient (Wildman–Crippen LogP) is 14.4. The van der Waals surface area contributed by atoms with Gasteiger partial charge in [0.1, 0.15) is 11.2 Å². The normalized spacial score (nSPS) is 11.5. The molecule has 0 N–H and O–H groups in total. The first-order valence-electron chi connectivity index (χ1n) is 17.3. The topological polar surface area (TPSA) is 16.4 Å². The number of hydrogen-bond acceptors (Lipinski definition) is 3. The van der Waals surface area contributed by atoms with E-state index in [2.05, 4.69) is 187 Å². The van der Waals surface area contributed by atoms with Crippen LogP contribution in [-0.4, -0.2) is 0 Å². The number of thiophene rings is 1. The highest BCUT2D eigenvalue weighted by Gasteiger charge is 2.20. The minimum absolute atomic E-state index is 0.920. The predicted molar refractivity (Wildman–Crippen MR) is 218 cm³/mol. The lowest BCUT2D eigenvalue weighted by molar-refractivity contribution is 0.673. The van der Waals surface area contributed by atoms with E-state index < -0.39 is 0 Å². The molecule has 0 bridgehead atoms. The maximum atomic E-state index is 6.55. The zero-order valence-corrected chi connectivity index (χ0v) is 28.5. The molecule has 0 radical (unpaired) electrons. The van der Waals surface area contributed by atoms with Gasteiger partial charge in [-0.15, -0.1) is 11.3 Å². The van der Waals surface area contributed by atoms with Crippen LogP contribution in [0.15, 0.2) is 192 Å². The first kappa shape index (κ1) is 29.5. The largest absolute Gasteiger partial charge is 0.455 e. The number of fused-ring (bicyclic) bond motifs is 7. The number of para-hydroxylation sites is 2. The van der Waals surface area contributed by atoms with Crippen molar-refractivity contribution < 1.29 is 4.42 Å². The van der Waals surface area contributed by atoms with E-state index in [1.54, 1.807) is 0 Å². The van der Waals surface area contributed by atoms with Gasteiger partial charge >= 0.3 is 0 Å². The third-order valence-electron chi connectivity index (χ3n) is 9.87. The molecule has 2 heterocycles. The Morgan fingerprint density at radius 3 is 1.71 bits per heavy atom. The van der Waals surface area contributed by atoms with Crippen LogP contribution in [0.2, 0.25) is 0 Å². The van der Waals surface area contributed by atoms with Crippen molar-refractivity contribution in [3.8, 4) is 33.4 Å². The summed E-state index contributed by atoms with van der Waals surface area (Å²) in [4.78, 5) is 2.35. The van der Waals surface area contributed by atoms with E-state index in [0.29, 0.717) is 0 Å². The molecular formula is C48H31NOS. The first-order chi connectivity index (χ1) is 25.3. The summed E-state index contributed by atoms with van der Waals surface area (Å²) in [5.41, 5.74) is 12.4. The molecule has 0 saturated carbocycles. The van der Waals surface area contributed by atoms with E-state index in [1.165, 1.54) is 53.6 Å². The van der Waals surface area contributed by atoms with Gasteiger partial charge in [0.05, 0.1) is 0 Å². The number of anilines is 3. The molecule has 0 aliphatic heterocycles. The Bertz CT molecular complexity index is 2840. The average Bonchev–Trinajstić information content (AvgIpc) is 3.78. The van der Waals surface area contributed by atoms with Crippen LogP contribution in [-0.2, 0) is 0 Å². The molecule has 0 saturated heterocycles. The lowest BCUT2D eigenvalue weighted by Gasteiger charge is -2.27. The molecule has 0 atom stereocenters. The fourth-order valence-corrected chi connectivity index (χ4v) is 8.73. The Morgan fingerprint density at radius 1 is 0.392 bits per heavy atom. The van der Waals surface area contributed by atoms with Crippen LogP contribution in [0.5, 0.6) is 0 Å². The van der Waals surface area contributed by atoms with Gasteiger partial charge in [0, 0.05) is 53.6 Å². The highest BCUT2D eigenvalue weighted by atomic mass is 32.1. The molecular weight excluding hydrogens is 639 g/mol. The van der Waals surface area contributed by atoms with Crippen molar-refractivity contribution in [2.45, 2.75) is 0 Å². The zero-order valence-electron chi connectivity index (χ0n) is 27.7. The Morgan fingerprint density at radius 2 is 0.961 bits per heavy atom. The van der Waals surface area contributed by atoms with Crippen LogP contribution in [0, 0.1) is 0 Å². The van der Waals surface area contributed by atoms with E-state index in [4.69, 9.17) is 4.42 Å². The molecule has 0 spiro atoms. The maximum absolute atomic E-state index is 6.55. The Hall–Kier alpha value is -6.42. The SMILES string of the molecule is c1ccc(-c2ccc(N(c3ccccc3)c3ccc(-c4cc5c6ccccc6oc5c5c4sc4ccccc45)cc3)cc2-c2ccccc2)cc1. The van der Waals surface area contributed by atoms with Crippen molar-refractivity contribution in [3.05, 3.63) is 188 Å². The molecule has 8 aromatic carbocycles. The molecule has 0 amide bonds. The van der Waals surface area contributed by atoms with Crippen LogP contribution in [0.25, 0.3) is 75.5 Å². The van der Waals surface area contributed by atoms with Crippen molar-refractivity contribution >= 4 is 70.5 Å². The third kappa shape index (κ3) is 5.01. The molecule has 3 heteroatoms. The number of hydrogen-bond donors (Lipinski definition) is 0. The minimum atomic E-state index is 0.920. The van der Waals surface area contributed by atoms with Gasteiger partial charge in [-0.2, -0.15) is 0 Å². The van der Waals surface area contributed by atoms with Crippen molar-refractivity contribution in [2.24, 2.45) is 0 Å². The van der Waals surface area contributed by atoms with E-state index in [-0.39, 0.29) is 0 Å². The van der Waals surface area contributed by atoms with E-state index in [1.807, 2.05) is 17.4 Å². The van der Waals surface area contributed by atoms with Crippen molar-refractivity contribution in [1.82, 2.24) is 0 Å². The van der Waals surface area contributed by atoms with E-state index in [0.717, 1.165) is 39.0 Å². The second-order valence-corrected chi connectivity index (χ2v) is 13.9. The second-order valence-electron chi connectivity index (χ2n) is 12.9. The van der Waals surface area contributed by atoms with Crippen LogP contribution in [0.1, 0.15) is 0 Å². The molecule has 2 aromatic heterocycles. The zero-order chi connectivity index (χ0) is 33.7. The number of rotatable bonds is 6. The standard InChI is InChI=1S/C48H31NOS/c1-4-14-32(15-5-1)38-29-28-37(30-41(38)33-16-6-2-7-17-33)49(35-18-8-3-9-19-35)36-26-24-34(25-27-36)42-31-43-39-20-10-12-22-44(39)50-47(43)46-40-21-11-13-23-45(40)51-48(42)46/h1-31H. The van der Waals surface area contributed by atoms with E-state index in [9.17, 15) is 0 Å². The summed E-state index contributed by atoms with van der Waals surface area (Å²) < 4.78 is 9.06. The van der Waals surface area contributed by atoms with Gasteiger partial charge < -0.3 is 9.32 Å². The molecule has 10 rings (SSSR count). The molecule has 0 aliphatic rings. The third-order valence-corrected chi connectivity index (χ3v) is 11.1. The van der Waals surface area contributed by atoms with Gasteiger partial charge in [-0.3, -0.25) is 0 Å². The molecule has 0 unspecified atom stereocenters. The lowest BCUT2D eigenvalue weighted by Crippen LogP contribution is -2.10. The first-order valence-corrected chi connectivity index (χ1v) is 18.1. The second kappa shape index (κ2) is 12.2. The average molecular weight is 670 g/mol. The molecule has 0 aliphatic carbocycles. The fourth-order valence-electron chi connectivity index (χ4n) is 7.49. The smallest absolute Gasteiger partial charge is 0.144 e. The summed E-state index contributed by atoms with van der Waals surface area (Å²) in [6.07, 6.45) is 0. The summed E-state index contributed by atoms with van der Waals surface area (Å²) in [5, 5.41) is 4.73. The van der Waals surface area contributed by atoms with Gasteiger partial charge in [0.25, 0.3) is 0 Å². The van der Waals surface area contributed by atoms with E-state index >= 15 is 0 Å². The summed E-state index contributed by atoms with van der Waals surface area (Å²) >= 11 is 1.84. The van der Waals surface area contributed by atoms with Gasteiger partial charge in [0.2, 0.25) is 0 Å². The van der Waals surface area contributed by atoms with Crippen LogP contribution in [0.4, 0.5) is 17.1 Å². The Balaban J connectivity index is 1.14. The van der Waals surface area contributed by atoms with Gasteiger partial charge in [-0.1, -0.05) is 133 Å². The number of benzene rings is 8. The minimum Gasteiger partial charge on any atom is -0.455 e. The summed E-state index contributed by atoms with van der Waals surface area (Å²) in [6, 6.07) is 67.3. The van der Waals surface area contributed by atoms with Crippen molar-refractivity contribution in [2.75, 3.05) is 4.90 Å². The van der Waals surface area contributed by atoms with Gasteiger partial charge in [-0.25, -0.2) is 0 Å². The highest BCUT2D eigenvalue weighted by Crippen LogP contribution is 2.47. The highest BCUT2D eigenvalue weighted by molar-refractivity contribution is 7.26. The molecule has 51 heavy (non-hydrogen) atoms. The van der Waals surface area contributed by atoms with Gasteiger partial charge in [0.15, 0.2) is 0 Å². The monoisotopic (exact) mass is 669 g/mol. The van der Waals surface area contributed by atoms with Crippen LogP contribution < -0.4 is 4.90 Å².